The third-order valence-electron chi connectivity index (χ3n) is 9.46. The van der Waals surface area contributed by atoms with E-state index in [9.17, 15) is 0 Å². The normalized spacial score (nSPS) is 16.0. The lowest BCUT2D eigenvalue weighted by Crippen LogP contribution is -2.15. The highest BCUT2D eigenvalue weighted by molar-refractivity contribution is 6.24. The van der Waals surface area contributed by atoms with Crippen LogP contribution in [-0.2, 0) is 0 Å². The minimum atomic E-state index is 0.311. The van der Waals surface area contributed by atoms with Crippen molar-refractivity contribution in [1.29, 1.82) is 0 Å². The first-order chi connectivity index (χ1) is 21.4. The molecule has 202 valence electrons. The van der Waals surface area contributed by atoms with Crippen molar-refractivity contribution in [3.05, 3.63) is 151 Å². The maximum absolute atomic E-state index is 6.59. The number of para-hydroxylation sites is 4. The lowest BCUT2D eigenvalue weighted by Gasteiger charge is -2.25. The highest BCUT2D eigenvalue weighted by Crippen LogP contribution is 2.55. The number of anilines is 2. The Morgan fingerprint density at radius 3 is 2.33 bits per heavy atom. The van der Waals surface area contributed by atoms with Crippen LogP contribution in [0.4, 0.5) is 11.4 Å². The summed E-state index contributed by atoms with van der Waals surface area (Å²) in [6.45, 7) is 0. The first-order valence-electron chi connectivity index (χ1n) is 15.0. The molecule has 8 aromatic rings. The molecule has 3 heteroatoms. The van der Waals surface area contributed by atoms with Gasteiger partial charge in [0.05, 0.1) is 22.4 Å². The quantitative estimate of drug-likeness (QED) is 0.213. The summed E-state index contributed by atoms with van der Waals surface area (Å²) in [5, 5.41) is 7.41. The molecule has 1 atom stereocenters. The van der Waals surface area contributed by atoms with Crippen LogP contribution in [0.1, 0.15) is 17.9 Å². The fraction of sp³-hybridized carbons (Fsp3) is 0.0500. The van der Waals surface area contributed by atoms with Gasteiger partial charge in [-0.1, -0.05) is 97.1 Å². The minimum Gasteiger partial charge on any atom is -0.454 e. The monoisotopic (exact) mass is 550 g/mol. The van der Waals surface area contributed by atoms with Gasteiger partial charge in [0.1, 0.15) is 5.58 Å². The predicted octanol–water partition coefficient (Wildman–Crippen LogP) is 10.9. The molecule has 0 N–H and O–H groups in total. The van der Waals surface area contributed by atoms with Gasteiger partial charge >= 0.3 is 0 Å². The first-order valence-corrected chi connectivity index (χ1v) is 15.0. The average molecular weight is 551 g/mol. The molecule has 2 aliphatic rings. The Hall–Kier alpha value is -5.54. The predicted molar refractivity (Wildman–Crippen MR) is 179 cm³/mol. The maximum Gasteiger partial charge on any atom is 0.159 e. The molecule has 0 saturated heterocycles. The fourth-order valence-corrected chi connectivity index (χ4v) is 7.69. The van der Waals surface area contributed by atoms with Crippen molar-refractivity contribution < 1.29 is 4.42 Å². The Labute approximate surface area is 248 Å². The third-order valence-corrected chi connectivity index (χ3v) is 9.46. The van der Waals surface area contributed by atoms with E-state index in [0.29, 0.717) is 5.92 Å². The largest absolute Gasteiger partial charge is 0.454 e. The van der Waals surface area contributed by atoms with E-state index in [1.807, 2.05) is 6.07 Å². The van der Waals surface area contributed by atoms with Crippen molar-refractivity contribution in [2.24, 2.45) is 0 Å². The van der Waals surface area contributed by atoms with Gasteiger partial charge in [0.25, 0.3) is 0 Å². The number of aromatic nitrogens is 1. The molecule has 10 rings (SSSR count). The summed E-state index contributed by atoms with van der Waals surface area (Å²) in [6, 6.07) is 43.8. The molecule has 3 nitrogen and oxygen atoms in total. The molecule has 1 aliphatic heterocycles. The molecule has 1 unspecified atom stereocenters. The van der Waals surface area contributed by atoms with Gasteiger partial charge in [0.2, 0.25) is 0 Å². The van der Waals surface area contributed by atoms with E-state index in [2.05, 4.69) is 143 Å². The van der Waals surface area contributed by atoms with E-state index in [4.69, 9.17) is 4.42 Å². The van der Waals surface area contributed by atoms with Crippen LogP contribution in [0.5, 0.6) is 0 Å². The van der Waals surface area contributed by atoms with Gasteiger partial charge in [-0.25, -0.2) is 0 Å². The zero-order valence-electron chi connectivity index (χ0n) is 23.4. The van der Waals surface area contributed by atoms with E-state index in [0.717, 1.165) is 34.0 Å². The van der Waals surface area contributed by atoms with Crippen molar-refractivity contribution in [3.63, 3.8) is 0 Å². The summed E-state index contributed by atoms with van der Waals surface area (Å²) in [5.41, 5.74) is 10.5. The molecular weight excluding hydrogens is 524 g/mol. The van der Waals surface area contributed by atoms with Crippen LogP contribution >= 0.6 is 0 Å². The van der Waals surface area contributed by atoms with Crippen molar-refractivity contribution in [3.8, 4) is 5.69 Å². The number of benzene rings is 6. The molecular formula is C40H26N2O. The van der Waals surface area contributed by atoms with Crippen LogP contribution in [0.15, 0.2) is 150 Å². The highest BCUT2D eigenvalue weighted by atomic mass is 16.3. The number of fused-ring (bicyclic) bond motifs is 12. The molecule has 0 spiro atoms. The van der Waals surface area contributed by atoms with Gasteiger partial charge in [0, 0.05) is 44.2 Å². The topological polar surface area (TPSA) is 21.3 Å². The fourth-order valence-electron chi connectivity index (χ4n) is 7.69. The van der Waals surface area contributed by atoms with Crippen molar-refractivity contribution in [2.45, 2.75) is 12.3 Å². The zero-order valence-corrected chi connectivity index (χ0v) is 23.4. The second-order valence-corrected chi connectivity index (χ2v) is 11.6. The van der Waals surface area contributed by atoms with Crippen LogP contribution in [-0.4, -0.2) is 4.57 Å². The lowest BCUT2D eigenvalue weighted by atomic mass is 9.90. The SMILES string of the molecule is C1=CCC2C(=C1)N(c1cccc3c1oc1ccccc13)c1c2ccc2c1ccc1c2c2ccccc2n1-c1ccccc1. The van der Waals surface area contributed by atoms with Crippen LogP contribution < -0.4 is 4.90 Å². The van der Waals surface area contributed by atoms with E-state index < -0.39 is 0 Å². The van der Waals surface area contributed by atoms with E-state index in [-0.39, 0.29) is 0 Å². The molecule has 0 saturated carbocycles. The second-order valence-electron chi connectivity index (χ2n) is 11.6. The number of furan rings is 1. The van der Waals surface area contributed by atoms with E-state index in [1.54, 1.807) is 0 Å². The van der Waals surface area contributed by atoms with Gasteiger partial charge in [-0.05, 0) is 59.8 Å². The van der Waals surface area contributed by atoms with Crippen LogP contribution in [0.3, 0.4) is 0 Å². The molecule has 1 aliphatic carbocycles. The van der Waals surface area contributed by atoms with Crippen LogP contribution in [0.25, 0.3) is 60.2 Å². The van der Waals surface area contributed by atoms with E-state index >= 15 is 0 Å². The number of rotatable bonds is 2. The van der Waals surface area contributed by atoms with Gasteiger partial charge in [-0.15, -0.1) is 0 Å². The van der Waals surface area contributed by atoms with Gasteiger partial charge < -0.3 is 13.9 Å². The number of hydrogen-bond donors (Lipinski definition) is 0. The van der Waals surface area contributed by atoms with E-state index in [1.165, 1.54) is 55.2 Å². The average Bonchev–Trinajstić information content (AvgIpc) is 3.73. The zero-order chi connectivity index (χ0) is 28.1. The maximum atomic E-state index is 6.59. The Kier molecular flexibility index (Phi) is 4.56. The molecule has 43 heavy (non-hydrogen) atoms. The molecule has 0 amide bonds. The van der Waals surface area contributed by atoms with Crippen LogP contribution in [0.2, 0.25) is 0 Å². The summed E-state index contributed by atoms with van der Waals surface area (Å²) in [6.07, 6.45) is 7.79. The number of hydrogen-bond acceptors (Lipinski definition) is 2. The van der Waals surface area contributed by atoms with Gasteiger partial charge in [0.15, 0.2) is 5.58 Å². The summed E-state index contributed by atoms with van der Waals surface area (Å²) < 4.78 is 8.99. The molecule has 0 radical (unpaired) electrons. The number of allylic oxidation sites excluding steroid dienone is 4. The standard InChI is InChI=1S/C40H26N2O/c1-2-11-25(12-3-1)41-34-18-8-5-15-32(34)38-28-21-22-29-26-13-4-7-17-33(26)42(39(29)30(28)23-24-35(38)41)36-19-10-16-31-27-14-6-9-20-37(27)43-40(31)36/h1-12,14-24,26H,13H2. The Bertz CT molecular complexity index is 2490. The van der Waals surface area contributed by atoms with Crippen LogP contribution in [0, 0.1) is 0 Å². The smallest absolute Gasteiger partial charge is 0.159 e. The lowest BCUT2D eigenvalue weighted by molar-refractivity contribution is 0.668. The summed E-state index contributed by atoms with van der Waals surface area (Å²) in [4.78, 5) is 2.48. The Morgan fingerprint density at radius 1 is 0.605 bits per heavy atom. The van der Waals surface area contributed by atoms with Gasteiger partial charge in [-0.3, -0.25) is 0 Å². The molecule has 0 fully saturated rings. The summed E-state index contributed by atoms with van der Waals surface area (Å²) in [5.74, 6) is 0.311. The first kappa shape index (κ1) is 23.1. The number of nitrogens with zero attached hydrogens (tertiary/aromatic N) is 2. The third kappa shape index (κ3) is 3.03. The van der Waals surface area contributed by atoms with Crippen molar-refractivity contribution >= 4 is 65.9 Å². The Morgan fingerprint density at radius 2 is 1.40 bits per heavy atom. The minimum absolute atomic E-state index is 0.311. The highest BCUT2D eigenvalue weighted by Gasteiger charge is 2.37. The molecule has 3 heterocycles. The van der Waals surface area contributed by atoms with Crippen molar-refractivity contribution in [2.75, 3.05) is 4.90 Å². The van der Waals surface area contributed by atoms with Crippen molar-refractivity contribution in [1.82, 2.24) is 4.57 Å². The molecule has 0 bridgehead atoms. The van der Waals surface area contributed by atoms with Gasteiger partial charge in [-0.2, -0.15) is 0 Å². The molecule has 2 aromatic heterocycles. The summed E-state index contributed by atoms with van der Waals surface area (Å²) in [7, 11) is 0. The second kappa shape index (κ2) is 8.50. The Balaban J connectivity index is 1.32. The molecule has 6 aromatic carbocycles. The summed E-state index contributed by atoms with van der Waals surface area (Å²) >= 11 is 0.